The van der Waals surface area contributed by atoms with Crippen molar-refractivity contribution in [3.63, 3.8) is 0 Å². The van der Waals surface area contributed by atoms with Crippen LogP contribution in [0.25, 0.3) is 0 Å². The first-order valence-corrected chi connectivity index (χ1v) is 5.60. The predicted octanol–water partition coefficient (Wildman–Crippen LogP) is 1.65. The maximum atomic E-state index is 12.1. The molecule has 102 valence electrons. The van der Waals surface area contributed by atoms with Crippen LogP contribution in [0, 0.1) is 0 Å². The Bertz CT molecular complexity index is 369. The molecule has 0 aromatic heterocycles. The second kappa shape index (κ2) is 7.36. The number of hydrogen-bond donors (Lipinski definition) is 2. The van der Waals surface area contributed by atoms with E-state index in [0.717, 1.165) is 5.56 Å². The molecule has 1 aromatic rings. The van der Waals surface area contributed by atoms with Gasteiger partial charge in [-0.05, 0) is 19.4 Å². The Kier molecular flexibility index (Phi) is 6.91. The highest BCUT2D eigenvalue weighted by molar-refractivity contribution is 5.85. The Morgan fingerprint density at radius 2 is 1.94 bits per heavy atom. The third kappa shape index (κ3) is 4.64. The number of ether oxygens (including phenoxy) is 1. The third-order valence-corrected chi connectivity index (χ3v) is 2.55. The average molecular weight is 273 g/mol. The fourth-order valence-electron chi connectivity index (χ4n) is 1.47. The molecule has 1 amide bonds. The van der Waals surface area contributed by atoms with Crippen molar-refractivity contribution in [2.75, 3.05) is 13.7 Å². The lowest BCUT2D eigenvalue weighted by atomic mass is 10.0. The molecule has 0 fully saturated rings. The fraction of sp³-hybridized carbons (Fsp3) is 0.462. The molecular weight excluding hydrogens is 252 g/mol. The minimum Gasteiger partial charge on any atom is -0.367 e. The number of hydrogen-bond acceptors (Lipinski definition) is 3. The summed E-state index contributed by atoms with van der Waals surface area (Å²) in [6.45, 7) is 4.13. The van der Waals surface area contributed by atoms with E-state index in [9.17, 15) is 4.79 Å². The highest BCUT2D eigenvalue weighted by Gasteiger charge is 2.25. The van der Waals surface area contributed by atoms with E-state index in [1.165, 1.54) is 7.11 Å². The van der Waals surface area contributed by atoms with Crippen LogP contribution in [0.1, 0.15) is 25.5 Å². The number of carbonyl (C=O) groups excluding carboxylic acids is 1. The molecule has 1 rings (SSSR count). The molecule has 0 heterocycles. The Balaban J connectivity index is 0.00000289. The van der Waals surface area contributed by atoms with Crippen LogP contribution in [0.4, 0.5) is 0 Å². The summed E-state index contributed by atoms with van der Waals surface area (Å²) in [7, 11) is 1.52. The normalized spacial score (nSPS) is 12.4. The van der Waals surface area contributed by atoms with E-state index in [1.54, 1.807) is 0 Å². The molecule has 0 saturated carbocycles. The van der Waals surface area contributed by atoms with Gasteiger partial charge in [0.1, 0.15) is 0 Å². The Hall–Kier alpha value is -1.10. The first-order chi connectivity index (χ1) is 8.00. The van der Waals surface area contributed by atoms with Crippen LogP contribution in [-0.2, 0) is 9.53 Å². The van der Waals surface area contributed by atoms with Gasteiger partial charge in [-0.1, -0.05) is 30.3 Å². The lowest BCUT2D eigenvalue weighted by molar-refractivity contribution is -0.133. The Labute approximate surface area is 114 Å². The van der Waals surface area contributed by atoms with Crippen LogP contribution in [0.5, 0.6) is 0 Å². The van der Waals surface area contributed by atoms with Gasteiger partial charge in [0.05, 0.1) is 0 Å². The summed E-state index contributed by atoms with van der Waals surface area (Å²) in [5, 5.41) is 2.87. The summed E-state index contributed by atoms with van der Waals surface area (Å²) < 4.78 is 5.24. The van der Waals surface area contributed by atoms with Gasteiger partial charge < -0.3 is 15.8 Å². The second-order valence-corrected chi connectivity index (χ2v) is 4.60. The average Bonchev–Trinajstić information content (AvgIpc) is 2.31. The number of halogens is 1. The molecule has 5 heteroatoms. The maximum Gasteiger partial charge on any atom is 0.254 e. The van der Waals surface area contributed by atoms with Gasteiger partial charge >= 0.3 is 0 Å². The number of nitrogens with one attached hydrogen (secondary N) is 1. The molecule has 0 aliphatic heterocycles. The van der Waals surface area contributed by atoms with Gasteiger partial charge in [-0.3, -0.25) is 4.79 Å². The predicted molar refractivity (Wildman–Crippen MR) is 74.7 cm³/mol. The molecule has 0 spiro atoms. The molecular formula is C13H21ClN2O2. The topological polar surface area (TPSA) is 64.3 Å². The standard InChI is InChI=1S/C13H20N2O2.ClH/c1-13(2,9-14)15-12(16)11(17-3)10-7-5-4-6-8-10;/h4-8,11H,9,14H2,1-3H3,(H,15,16);1H. The monoisotopic (exact) mass is 272 g/mol. The molecule has 1 unspecified atom stereocenters. The summed E-state index contributed by atoms with van der Waals surface area (Å²) in [6.07, 6.45) is -0.595. The zero-order valence-electron chi connectivity index (χ0n) is 11.0. The van der Waals surface area contributed by atoms with Crippen LogP contribution in [0.15, 0.2) is 30.3 Å². The summed E-state index contributed by atoms with van der Waals surface area (Å²) in [4.78, 5) is 12.1. The van der Waals surface area contributed by atoms with E-state index in [0.29, 0.717) is 6.54 Å². The molecule has 0 aliphatic rings. The van der Waals surface area contributed by atoms with Crippen LogP contribution in [-0.4, -0.2) is 25.1 Å². The van der Waals surface area contributed by atoms with Gasteiger partial charge in [0.2, 0.25) is 0 Å². The van der Waals surface area contributed by atoms with Gasteiger partial charge in [-0.2, -0.15) is 0 Å². The second-order valence-electron chi connectivity index (χ2n) is 4.60. The summed E-state index contributed by atoms with van der Waals surface area (Å²) >= 11 is 0. The number of nitrogens with two attached hydrogens (primary N) is 1. The van der Waals surface area contributed by atoms with Crippen molar-refractivity contribution < 1.29 is 9.53 Å². The van der Waals surface area contributed by atoms with Crippen LogP contribution in [0.3, 0.4) is 0 Å². The number of methoxy groups -OCH3 is 1. The van der Waals surface area contributed by atoms with Crippen LogP contribution >= 0.6 is 12.4 Å². The minimum atomic E-state index is -0.595. The quantitative estimate of drug-likeness (QED) is 0.857. The first-order valence-electron chi connectivity index (χ1n) is 5.60. The highest BCUT2D eigenvalue weighted by Crippen LogP contribution is 2.17. The smallest absolute Gasteiger partial charge is 0.254 e. The van der Waals surface area contributed by atoms with Gasteiger partial charge in [0.15, 0.2) is 6.10 Å². The molecule has 18 heavy (non-hydrogen) atoms. The van der Waals surface area contributed by atoms with Crippen molar-refractivity contribution in [3.05, 3.63) is 35.9 Å². The van der Waals surface area contributed by atoms with Gasteiger partial charge in [-0.15, -0.1) is 12.4 Å². The largest absolute Gasteiger partial charge is 0.367 e. The Morgan fingerprint density at radius 1 is 1.39 bits per heavy atom. The van der Waals surface area contributed by atoms with E-state index in [2.05, 4.69) is 5.32 Å². The van der Waals surface area contributed by atoms with Crippen molar-refractivity contribution in [2.45, 2.75) is 25.5 Å². The molecule has 1 aromatic carbocycles. The molecule has 0 aliphatic carbocycles. The SMILES string of the molecule is COC(C(=O)NC(C)(C)CN)c1ccccc1.Cl. The fourth-order valence-corrected chi connectivity index (χ4v) is 1.47. The van der Waals surface area contributed by atoms with Crippen molar-refractivity contribution in [3.8, 4) is 0 Å². The lowest BCUT2D eigenvalue weighted by Crippen LogP contribution is -2.50. The van der Waals surface area contributed by atoms with E-state index in [1.807, 2.05) is 44.2 Å². The minimum absolute atomic E-state index is 0. The van der Waals surface area contributed by atoms with Gasteiger partial charge in [0.25, 0.3) is 5.91 Å². The van der Waals surface area contributed by atoms with E-state index in [-0.39, 0.29) is 18.3 Å². The molecule has 1 atom stereocenters. The number of benzene rings is 1. The van der Waals surface area contributed by atoms with Crippen LogP contribution in [0.2, 0.25) is 0 Å². The van der Waals surface area contributed by atoms with Crippen LogP contribution < -0.4 is 11.1 Å². The number of rotatable bonds is 5. The molecule has 3 N–H and O–H groups in total. The zero-order valence-corrected chi connectivity index (χ0v) is 11.8. The maximum absolute atomic E-state index is 12.1. The van der Waals surface area contributed by atoms with E-state index in [4.69, 9.17) is 10.5 Å². The van der Waals surface area contributed by atoms with Crippen molar-refractivity contribution >= 4 is 18.3 Å². The summed E-state index contributed by atoms with van der Waals surface area (Å²) in [6, 6.07) is 9.38. The molecule has 0 saturated heterocycles. The third-order valence-electron chi connectivity index (χ3n) is 2.55. The van der Waals surface area contributed by atoms with Crippen molar-refractivity contribution in [1.29, 1.82) is 0 Å². The molecule has 4 nitrogen and oxygen atoms in total. The zero-order chi connectivity index (χ0) is 12.9. The van der Waals surface area contributed by atoms with E-state index < -0.39 is 11.6 Å². The lowest BCUT2D eigenvalue weighted by Gasteiger charge is -2.27. The summed E-state index contributed by atoms with van der Waals surface area (Å²) in [5.41, 5.74) is 5.99. The molecule has 0 radical (unpaired) electrons. The summed E-state index contributed by atoms with van der Waals surface area (Å²) in [5.74, 6) is -0.172. The van der Waals surface area contributed by atoms with Gasteiger partial charge in [-0.25, -0.2) is 0 Å². The van der Waals surface area contributed by atoms with Gasteiger partial charge in [0, 0.05) is 19.2 Å². The Morgan fingerprint density at radius 3 is 2.39 bits per heavy atom. The molecule has 0 bridgehead atoms. The highest BCUT2D eigenvalue weighted by atomic mass is 35.5. The van der Waals surface area contributed by atoms with E-state index >= 15 is 0 Å². The number of amides is 1. The number of carbonyl (C=O) groups is 1. The first kappa shape index (κ1) is 16.9. The van der Waals surface area contributed by atoms with Crippen molar-refractivity contribution in [2.24, 2.45) is 5.73 Å². The van der Waals surface area contributed by atoms with Crippen molar-refractivity contribution in [1.82, 2.24) is 5.32 Å².